The second-order valence-corrected chi connectivity index (χ2v) is 8.85. The van der Waals surface area contributed by atoms with Crippen LogP contribution in [0.2, 0.25) is 0 Å². The van der Waals surface area contributed by atoms with Crippen molar-refractivity contribution in [1.82, 2.24) is 4.57 Å². The van der Waals surface area contributed by atoms with Crippen molar-refractivity contribution in [3.63, 3.8) is 0 Å². The van der Waals surface area contributed by atoms with Crippen LogP contribution in [0.4, 0.5) is 0 Å². The molecule has 0 radical (unpaired) electrons. The average molecular weight is 483 g/mol. The van der Waals surface area contributed by atoms with E-state index < -0.39 is 17.7 Å². The van der Waals surface area contributed by atoms with Crippen LogP contribution in [0, 0.1) is 0 Å². The summed E-state index contributed by atoms with van der Waals surface area (Å²) in [7, 11) is 1.28. The third-order valence-corrected chi connectivity index (χ3v) is 6.51. The zero-order chi connectivity index (χ0) is 25.2. The van der Waals surface area contributed by atoms with Gasteiger partial charge in [-0.25, -0.2) is 4.79 Å². The van der Waals surface area contributed by atoms with Gasteiger partial charge in [-0.05, 0) is 41.7 Å². The van der Waals surface area contributed by atoms with Gasteiger partial charge in [0.25, 0.3) is 11.7 Å². The quantitative estimate of drug-likeness (QED) is 0.216. The lowest BCUT2D eigenvalue weighted by Crippen LogP contribution is -2.24. The fourth-order valence-electron chi connectivity index (χ4n) is 4.74. The van der Waals surface area contributed by atoms with Gasteiger partial charge in [0.15, 0.2) is 6.61 Å². The zero-order valence-corrected chi connectivity index (χ0v) is 19.9. The summed E-state index contributed by atoms with van der Waals surface area (Å²) in [4.78, 5) is 37.1. The number of benzene rings is 3. The molecule has 0 atom stereocenters. The molecular weight excluding hydrogens is 456 g/mol. The summed E-state index contributed by atoms with van der Waals surface area (Å²) in [5.41, 5.74) is 10.5. The number of primary amides is 1. The van der Waals surface area contributed by atoms with Gasteiger partial charge >= 0.3 is 5.97 Å². The number of fused-ring (bicyclic) bond motifs is 1. The van der Waals surface area contributed by atoms with Gasteiger partial charge in [-0.2, -0.15) is 0 Å². The molecule has 1 aromatic heterocycles. The van der Waals surface area contributed by atoms with E-state index in [1.807, 2.05) is 42.5 Å². The maximum atomic E-state index is 13.2. The lowest BCUT2D eigenvalue weighted by atomic mass is 9.99. The number of esters is 1. The van der Waals surface area contributed by atoms with E-state index in [4.69, 9.17) is 15.2 Å². The van der Waals surface area contributed by atoms with E-state index in [1.54, 1.807) is 6.07 Å². The van der Waals surface area contributed by atoms with Crippen LogP contribution >= 0.6 is 0 Å². The molecule has 5 rings (SSSR count). The highest BCUT2D eigenvalue weighted by Crippen LogP contribution is 2.47. The third-order valence-electron chi connectivity index (χ3n) is 6.51. The number of carbonyl (C=O) groups excluding carboxylic acids is 3. The number of carbonyl (C=O) groups is 3. The average Bonchev–Trinajstić information content (AvgIpc) is 3.70. The minimum atomic E-state index is -1.02. The summed E-state index contributed by atoms with van der Waals surface area (Å²) in [6.07, 6.45) is 1.82. The normalized spacial score (nSPS) is 12.9. The summed E-state index contributed by atoms with van der Waals surface area (Å²) in [5, 5.41) is 0.490. The summed E-state index contributed by atoms with van der Waals surface area (Å²) < 4.78 is 12.6. The second kappa shape index (κ2) is 9.70. The lowest BCUT2D eigenvalue weighted by molar-refractivity contribution is -0.142. The highest BCUT2D eigenvalue weighted by molar-refractivity contribution is 6.45. The Morgan fingerprint density at radius 3 is 2.36 bits per heavy atom. The van der Waals surface area contributed by atoms with Gasteiger partial charge < -0.3 is 19.8 Å². The molecule has 0 spiro atoms. The summed E-state index contributed by atoms with van der Waals surface area (Å²) in [6, 6.07) is 23.6. The Bertz CT molecular complexity index is 1470. The van der Waals surface area contributed by atoms with Crippen molar-refractivity contribution < 1.29 is 23.9 Å². The highest BCUT2D eigenvalue weighted by atomic mass is 16.6. The molecule has 1 amide bonds. The number of nitrogens with two attached hydrogens (primary N) is 1. The van der Waals surface area contributed by atoms with Crippen LogP contribution in [-0.2, 0) is 20.9 Å². The minimum absolute atomic E-state index is 0.132. The molecular formula is C29H26N2O5. The van der Waals surface area contributed by atoms with Crippen molar-refractivity contribution in [2.45, 2.75) is 25.3 Å². The van der Waals surface area contributed by atoms with E-state index >= 15 is 0 Å². The van der Waals surface area contributed by atoms with Crippen molar-refractivity contribution in [3.8, 4) is 16.9 Å². The monoisotopic (exact) mass is 482 g/mol. The number of rotatable bonds is 9. The first-order valence-electron chi connectivity index (χ1n) is 11.8. The maximum Gasteiger partial charge on any atom is 0.343 e. The molecule has 7 heteroatoms. The number of aromatic nitrogens is 1. The predicted octanol–water partition coefficient (Wildman–Crippen LogP) is 4.45. The second-order valence-electron chi connectivity index (χ2n) is 8.85. The number of nitrogens with zero attached hydrogens (tertiary/aromatic N) is 1. The van der Waals surface area contributed by atoms with Gasteiger partial charge in [0, 0.05) is 18.2 Å². The van der Waals surface area contributed by atoms with Gasteiger partial charge in [-0.1, -0.05) is 60.7 Å². The molecule has 1 fully saturated rings. The number of ketones is 1. The van der Waals surface area contributed by atoms with Gasteiger partial charge in [-0.3, -0.25) is 9.59 Å². The maximum absolute atomic E-state index is 13.2. The van der Waals surface area contributed by atoms with Gasteiger partial charge in [0.1, 0.15) is 5.75 Å². The Morgan fingerprint density at radius 1 is 0.944 bits per heavy atom. The number of hydrogen-bond acceptors (Lipinski definition) is 5. The van der Waals surface area contributed by atoms with E-state index in [0.29, 0.717) is 17.7 Å². The Kier molecular flexibility index (Phi) is 6.29. The van der Waals surface area contributed by atoms with Crippen LogP contribution in [0.25, 0.3) is 22.0 Å². The third kappa shape index (κ3) is 4.35. The van der Waals surface area contributed by atoms with Crippen LogP contribution < -0.4 is 10.5 Å². The fourth-order valence-corrected chi connectivity index (χ4v) is 4.74. The number of hydrogen-bond donors (Lipinski definition) is 1. The lowest BCUT2D eigenvalue weighted by Gasteiger charge is -2.15. The molecule has 1 saturated carbocycles. The molecule has 2 N–H and O–H groups in total. The molecule has 7 nitrogen and oxygen atoms in total. The van der Waals surface area contributed by atoms with E-state index in [0.717, 1.165) is 40.7 Å². The van der Waals surface area contributed by atoms with Crippen LogP contribution in [0.3, 0.4) is 0 Å². The molecule has 0 aliphatic heterocycles. The first-order valence-corrected chi connectivity index (χ1v) is 11.8. The molecule has 182 valence electrons. The van der Waals surface area contributed by atoms with Crippen molar-refractivity contribution >= 4 is 28.6 Å². The molecule has 1 heterocycles. The Hall–Kier alpha value is -4.39. The topological polar surface area (TPSA) is 101 Å². The van der Waals surface area contributed by atoms with E-state index in [1.165, 1.54) is 7.11 Å². The van der Waals surface area contributed by atoms with Crippen LogP contribution in [0.15, 0.2) is 72.8 Å². The smallest absolute Gasteiger partial charge is 0.343 e. The largest absolute Gasteiger partial charge is 0.481 e. The molecule has 0 saturated heterocycles. The number of ether oxygens (including phenoxy) is 2. The van der Waals surface area contributed by atoms with Crippen molar-refractivity contribution in [2.75, 3.05) is 13.7 Å². The molecule has 4 aromatic rings. The molecule has 3 aromatic carbocycles. The Morgan fingerprint density at radius 2 is 1.67 bits per heavy atom. The molecule has 36 heavy (non-hydrogen) atoms. The standard InChI is InChI=1S/C29H26N2O5/c1-35-24(32)17-36-23-13-7-12-22-25(23)26(28(33)29(30)34)27(19-14-15-19)31(22)16-20-10-5-6-11-21(20)18-8-3-2-4-9-18/h2-13,19H,14-17H2,1H3,(H2,30,34). The Labute approximate surface area is 208 Å². The molecule has 1 aliphatic rings. The van der Waals surface area contributed by atoms with E-state index in [9.17, 15) is 14.4 Å². The summed E-state index contributed by atoms with van der Waals surface area (Å²) >= 11 is 0. The van der Waals surface area contributed by atoms with Crippen LogP contribution in [0.5, 0.6) is 5.75 Å². The minimum Gasteiger partial charge on any atom is -0.481 e. The number of amides is 1. The van der Waals surface area contributed by atoms with Crippen LogP contribution in [-0.4, -0.2) is 35.9 Å². The summed E-state index contributed by atoms with van der Waals surface area (Å²) in [5.74, 6) is -1.87. The predicted molar refractivity (Wildman–Crippen MR) is 136 cm³/mol. The van der Waals surface area contributed by atoms with E-state index in [2.05, 4.69) is 28.8 Å². The van der Waals surface area contributed by atoms with E-state index in [-0.39, 0.29) is 18.1 Å². The number of Topliss-reactive ketones (excluding diaryl/α,β-unsaturated/α-hetero) is 1. The van der Waals surface area contributed by atoms with Crippen molar-refractivity contribution in [2.24, 2.45) is 5.73 Å². The molecule has 0 unspecified atom stereocenters. The van der Waals surface area contributed by atoms with Gasteiger partial charge in [0.2, 0.25) is 0 Å². The zero-order valence-electron chi connectivity index (χ0n) is 19.9. The first kappa shape index (κ1) is 23.4. The highest BCUT2D eigenvalue weighted by Gasteiger charge is 2.36. The van der Waals surface area contributed by atoms with Crippen molar-refractivity contribution in [3.05, 3.63) is 89.6 Å². The van der Waals surface area contributed by atoms with Crippen molar-refractivity contribution in [1.29, 1.82) is 0 Å². The number of methoxy groups -OCH3 is 1. The Balaban J connectivity index is 1.71. The first-order chi connectivity index (χ1) is 17.5. The fraction of sp³-hybridized carbons (Fsp3) is 0.207. The summed E-state index contributed by atoms with van der Waals surface area (Å²) in [6.45, 7) is 0.167. The van der Waals surface area contributed by atoms with Crippen LogP contribution in [0.1, 0.15) is 40.4 Å². The van der Waals surface area contributed by atoms with Gasteiger partial charge in [0.05, 0.1) is 23.6 Å². The SMILES string of the molecule is COC(=O)COc1cccc2c1c(C(=O)C(N)=O)c(C1CC1)n2Cc1ccccc1-c1ccccc1. The molecule has 1 aliphatic carbocycles. The molecule has 0 bridgehead atoms. The van der Waals surface area contributed by atoms with Gasteiger partial charge in [-0.15, -0.1) is 0 Å².